The normalized spacial score (nSPS) is 14.5. The third-order valence-electron chi connectivity index (χ3n) is 4.39. The van der Waals surface area contributed by atoms with E-state index in [9.17, 15) is 9.59 Å². The number of hydrogen-bond donors (Lipinski definition) is 1. The molecule has 0 unspecified atom stereocenters. The van der Waals surface area contributed by atoms with E-state index in [0.29, 0.717) is 38.5 Å². The quantitative estimate of drug-likeness (QED) is 0.809. The van der Waals surface area contributed by atoms with Crippen molar-refractivity contribution in [2.24, 2.45) is 0 Å². The molecule has 7 nitrogen and oxygen atoms in total. The summed E-state index contributed by atoms with van der Waals surface area (Å²) in [6.45, 7) is 8.29. The van der Waals surface area contributed by atoms with Crippen molar-refractivity contribution in [1.29, 1.82) is 0 Å². The third kappa shape index (κ3) is 3.81. The van der Waals surface area contributed by atoms with Crippen molar-refractivity contribution in [3.05, 3.63) is 27.2 Å². The molecule has 0 radical (unpaired) electrons. The molecule has 2 aromatic rings. The summed E-state index contributed by atoms with van der Waals surface area (Å²) in [7, 11) is 0. The molecule has 140 valence electrons. The fraction of sp³-hybridized carbons (Fsp3) is 0.500. The Morgan fingerprint density at radius 1 is 1.35 bits per heavy atom. The highest BCUT2D eigenvalue weighted by atomic mass is 32.1. The van der Waals surface area contributed by atoms with E-state index in [1.165, 1.54) is 11.3 Å². The lowest BCUT2D eigenvalue weighted by Gasteiger charge is -2.26. The Bertz CT molecular complexity index is 805. The first-order valence-electron chi connectivity index (χ1n) is 8.67. The second-order valence-corrected chi connectivity index (χ2v) is 7.08. The Kier molecular flexibility index (Phi) is 5.73. The van der Waals surface area contributed by atoms with Crippen LogP contribution in [0.25, 0.3) is 11.4 Å². The number of thiazole rings is 1. The summed E-state index contributed by atoms with van der Waals surface area (Å²) in [5.41, 5.74) is 3.68. The molecule has 0 spiro atoms. The number of morpholine rings is 1. The summed E-state index contributed by atoms with van der Waals surface area (Å²) in [5.74, 6) is -0.260. The Labute approximate surface area is 156 Å². The molecule has 3 rings (SSSR count). The van der Waals surface area contributed by atoms with Gasteiger partial charge in [-0.25, -0.2) is 9.78 Å². The predicted molar refractivity (Wildman–Crippen MR) is 98.4 cm³/mol. The van der Waals surface area contributed by atoms with Crippen molar-refractivity contribution in [3.8, 4) is 11.4 Å². The highest BCUT2D eigenvalue weighted by molar-refractivity contribution is 7.10. The van der Waals surface area contributed by atoms with Crippen LogP contribution in [0.3, 0.4) is 0 Å². The minimum atomic E-state index is -0.331. The number of H-pyrrole nitrogens is 1. The van der Waals surface area contributed by atoms with Crippen LogP contribution in [0.15, 0.2) is 5.38 Å². The molecular weight excluding hydrogens is 354 g/mol. The largest absolute Gasteiger partial charge is 0.462 e. The summed E-state index contributed by atoms with van der Waals surface area (Å²) in [4.78, 5) is 34.1. The highest BCUT2D eigenvalue weighted by Gasteiger charge is 2.22. The maximum Gasteiger partial charge on any atom is 0.340 e. The summed E-state index contributed by atoms with van der Waals surface area (Å²) in [6, 6.07) is 0. The van der Waals surface area contributed by atoms with Crippen molar-refractivity contribution in [3.63, 3.8) is 0 Å². The van der Waals surface area contributed by atoms with E-state index in [0.717, 1.165) is 27.7 Å². The molecule has 1 fully saturated rings. The number of rotatable bonds is 5. The minimum absolute atomic E-state index is 0.0702. The first-order valence-corrected chi connectivity index (χ1v) is 9.55. The number of carbonyl (C=O) groups is 2. The Morgan fingerprint density at radius 2 is 2.08 bits per heavy atom. The molecule has 1 N–H and O–H groups in total. The molecule has 1 aliphatic rings. The van der Waals surface area contributed by atoms with E-state index >= 15 is 0 Å². The number of nitrogens with one attached hydrogen (secondary N) is 1. The number of amides is 1. The molecule has 26 heavy (non-hydrogen) atoms. The van der Waals surface area contributed by atoms with Gasteiger partial charge >= 0.3 is 5.97 Å². The topological polar surface area (TPSA) is 84.5 Å². The summed E-state index contributed by atoms with van der Waals surface area (Å²) in [6.07, 6.45) is 0.286. The van der Waals surface area contributed by atoms with E-state index in [-0.39, 0.29) is 18.3 Å². The number of aryl methyl sites for hydroxylation is 1. The Balaban J connectivity index is 1.76. The van der Waals surface area contributed by atoms with Crippen LogP contribution in [0.4, 0.5) is 0 Å². The Morgan fingerprint density at radius 3 is 2.77 bits per heavy atom. The van der Waals surface area contributed by atoms with Gasteiger partial charge in [0.1, 0.15) is 5.01 Å². The smallest absolute Gasteiger partial charge is 0.340 e. The molecule has 1 saturated heterocycles. The number of ether oxygens (including phenoxy) is 2. The van der Waals surface area contributed by atoms with Gasteiger partial charge in [-0.1, -0.05) is 0 Å². The molecule has 1 aliphatic heterocycles. The van der Waals surface area contributed by atoms with Crippen LogP contribution >= 0.6 is 11.3 Å². The lowest BCUT2D eigenvalue weighted by Crippen LogP contribution is -2.41. The summed E-state index contributed by atoms with van der Waals surface area (Å²) >= 11 is 1.45. The Hall–Kier alpha value is -2.19. The molecular formula is C18H23N3O4S. The molecule has 1 amide bonds. The van der Waals surface area contributed by atoms with Crippen LogP contribution in [-0.2, 0) is 20.7 Å². The van der Waals surface area contributed by atoms with Gasteiger partial charge in [0.25, 0.3) is 0 Å². The van der Waals surface area contributed by atoms with E-state index in [2.05, 4.69) is 9.97 Å². The van der Waals surface area contributed by atoms with Crippen LogP contribution in [0.2, 0.25) is 0 Å². The minimum Gasteiger partial charge on any atom is -0.462 e. The molecule has 0 aliphatic carbocycles. The van der Waals surface area contributed by atoms with Crippen molar-refractivity contribution in [1.82, 2.24) is 14.9 Å². The average Bonchev–Trinajstić information content (AvgIpc) is 3.20. The van der Waals surface area contributed by atoms with E-state index in [1.807, 2.05) is 24.1 Å². The second kappa shape index (κ2) is 8.01. The first-order chi connectivity index (χ1) is 12.5. The lowest BCUT2D eigenvalue weighted by molar-refractivity contribution is -0.134. The average molecular weight is 377 g/mol. The number of esters is 1. The predicted octanol–water partition coefficient (Wildman–Crippen LogP) is 2.33. The van der Waals surface area contributed by atoms with Gasteiger partial charge in [-0.2, -0.15) is 0 Å². The molecule has 2 aromatic heterocycles. The summed E-state index contributed by atoms with van der Waals surface area (Å²) in [5, 5.41) is 2.68. The van der Waals surface area contributed by atoms with Crippen molar-refractivity contribution in [2.75, 3.05) is 32.9 Å². The van der Waals surface area contributed by atoms with Gasteiger partial charge in [-0.15, -0.1) is 11.3 Å². The molecule has 8 heteroatoms. The zero-order chi connectivity index (χ0) is 18.7. The van der Waals surface area contributed by atoms with E-state index < -0.39 is 0 Å². The van der Waals surface area contributed by atoms with Gasteiger partial charge in [0.2, 0.25) is 5.91 Å². The van der Waals surface area contributed by atoms with E-state index in [1.54, 1.807) is 6.92 Å². The van der Waals surface area contributed by atoms with Crippen LogP contribution in [-0.4, -0.2) is 59.7 Å². The standard InChI is InChI=1S/C18H23N3O4S/c1-4-25-18(23)16-11(2)17(19-12(16)3)13-10-26-14(20-13)9-15(22)21-5-7-24-8-6-21/h10,19H,4-9H2,1-3H3. The van der Waals surface area contributed by atoms with Crippen LogP contribution in [0.5, 0.6) is 0 Å². The monoisotopic (exact) mass is 377 g/mol. The maximum absolute atomic E-state index is 12.4. The fourth-order valence-electron chi connectivity index (χ4n) is 3.08. The summed E-state index contributed by atoms with van der Waals surface area (Å²) < 4.78 is 10.4. The molecule has 3 heterocycles. The molecule has 0 aromatic carbocycles. The zero-order valence-electron chi connectivity index (χ0n) is 15.3. The van der Waals surface area contributed by atoms with Gasteiger partial charge in [-0.05, 0) is 26.3 Å². The van der Waals surface area contributed by atoms with Gasteiger partial charge in [0.15, 0.2) is 0 Å². The lowest BCUT2D eigenvalue weighted by atomic mass is 10.1. The van der Waals surface area contributed by atoms with Gasteiger partial charge in [0.05, 0.1) is 43.2 Å². The number of nitrogens with zero attached hydrogens (tertiary/aromatic N) is 2. The van der Waals surface area contributed by atoms with Gasteiger partial charge < -0.3 is 19.4 Å². The molecule has 0 atom stereocenters. The van der Waals surface area contributed by atoms with Crippen LogP contribution in [0, 0.1) is 13.8 Å². The maximum atomic E-state index is 12.4. The molecule has 0 bridgehead atoms. The van der Waals surface area contributed by atoms with Crippen LogP contribution < -0.4 is 0 Å². The van der Waals surface area contributed by atoms with E-state index in [4.69, 9.17) is 9.47 Å². The zero-order valence-corrected chi connectivity index (χ0v) is 16.1. The fourth-order valence-corrected chi connectivity index (χ4v) is 3.85. The number of aromatic nitrogens is 2. The van der Waals surface area contributed by atoms with Gasteiger partial charge in [0, 0.05) is 24.2 Å². The van der Waals surface area contributed by atoms with Gasteiger partial charge in [-0.3, -0.25) is 4.79 Å². The molecule has 0 saturated carbocycles. The highest BCUT2D eigenvalue weighted by Crippen LogP contribution is 2.29. The number of aromatic amines is 1. The van der Waals surface area contributed by atoms with Crippen molar-refractivity contribution >= 4 is 23.2 Å². The van der Waals surface area contributed by atoms with Crippen molar-refractivity contribution in [2.45, 2.75) is 27.2 Å². The second-order valence-electron chi connectivity index (χ2n) is 6.14. The number of hydrogen-bond acceptors (Lipinski definition) is 6. The third-order valence-corrected chi connectivity index (χ3v) is 5.24. The van der Waals surface area contributed by atoms with Crippen molar-refractivity contribution < 1.29 is 19.1 Å². The van der Waals surface area contributed by atoms with Crippen LogP contribution in [0.1, 0.15) is 33.5 Å². The number of carbonyl (C=O) groups excluding carboxylic acids is 2. The first kappa shape index (κ1) is 18.6. The SMILES string of the molecule is CCOC(=O)c1c(C)[nH]c(-c2csc(CC(=O)N3CCOCC3)n2)c1C.